The van der Waals surface area contributed by atoms with Gasteiger partial charge < -0.3 is 5.11 Å². The summed E-state index contributed by atoms with van der Waals surface area (Å²) in [5.74, 6) is -1.16. The van der Waals surface area contributed by atoms with Crippen molar-refractivity contribution in [3.05, 3.63) is 77.6 Å². The van der Waals surface area contributed by atoms with Crippen molar-refractivity contribution in [2.75, 3.05) is 6.61 Å². The van der Waals surface area contributed by atoms with E-state index in [1.54, 1.807) is 29.3 Å². The lowest BCUT2D eigenvalue weighted by Gasteiger charge is -2.37. The number of halogens is 2. The Bertz CT molecular complexity index is 1430. The Morgan fingerprint density at radius 1 is 1.09 bits per heavy atom. The number of aliphatic hydroxyl groups excluding tert-OH is 1. The molecule has 1 fully saturated rings. The van der Waals surface area contributed by atoms with Crippen LogP contribution in [-0.2, 0) is 12.0 Å². The largest absolute Gasteiger partial charge is 0.394 e. The summed E-state index contributed by atoms with van der Waals surface area (Å²) in [7, 11) is 0. The molecule has 2 bridgehead atoms. The number of aliphatic hydroxyl groups is 1. The third kappa shape index (κ3) is 3.00. The van der Waals surface area contributed by atoms with Crippen molar-refractivity contribution in [1.82, 2.24) is 29.9 Å². The first kappa shape index (κ1) is 21.9. The molecule has 2 aliphatic rings. The molecule has 0 unspecified atom stereocenters. The minimum absolute atomic E-state index is 0.000249. The van der Waals surface area contributed by atoms with Crippen LogP contribution >= 0.6 is 0 Å². The van der Waals surface area contributed by atoms with E-state index in [1.165, 1.54) is 18.2 Å². The average molecular weight is 475 g/mol. The molecule has 35 heavy (non-hydrogen) atoms. The zero-order valence-corrected chi connectivity index (χ0v) is 19.4. The Hall–Kier alpha value is -3.59. The Morgan fingerprint density at radius 2 is 1.89 bits per heavy atom. The number of nitrogens with zero attached hydrogens (tertiary/aromatic N) is 6. The van der Waals surface area contributed by atoms with Gasteiger partial charge in [0.2, 0.25) is 0 Å². The molecule has 0 spiro atoms. The van der Waals surface area contributed by atoms with Gasteiger partial charge in [0.25, 0.3) is 0 Å². The fraction of sp³-hybridized carbons (Fsp3) is 0.346. The quantitative estimate of drug-likeness (QED) is 0.465. The molecular weight excluding hydrogens is 450 g/mol. The number of benzene rings is 1. The molecule has 4 aromatic rings. The molecule has 0 saturated heterocycles. The van der Waals surface area contributed by atoms with E-state index in [0.29, 0.717) is 12.2 Å². The maximum absolute atomic E-state index is 14.5. The second-order valence-corrected chi connectivity index (χ2v) is 9.85. The van der Waals surface area contributed by atoms with Crippen LogP contribution in [0.4, 0.5) is 8.78 Å². The fourth-order valence-corrected chi connectivity index (χ4v) is 6.19. The fourth-order valence-electron chi connectivity index (χ4n) is 6.19. The first-order valence-corrected chi connectivity index (χ1v) is 11.7. The number of hydrogen-bond donors (Lipinski definition) is 1. The number of aromatic nitrogens is 6. The molecule has 0 amide bonds. The van der Waals surface area contributed by atoms with Crippen LogP contribution in [0.25, 0.3) is 22.5 Å². The van der Waals surface area contributed by atoms with Gasteiger partial charge in [0.05, 0.1) is 59.3 Å². The van der Waals surface area contributed by atoms with Crippen LogP contribution in [0.5, 0.6) is 0 Å². The van der Waals surface area contributed by atoms with Gasteiger partial charge in [-0.15, -0.1) is 5.10 Å². The average Bonchev–Trinajstić information content (AvgIpc) is 3.47. The summed E-state index contributed by atoms with van der Waals surface area (Å²) in [6.45, 7) is 4.80. The Kier molecular flexibility index (Phi) is 4.83. The lowest BCUT2D eigenvalue weighted by molar-refractivity contribution is 0.242. The Morgan fingerprint density at radius 3 is 2.66 bits per heavy atom. The van der Waals surface area contributed by atoms with E-state index in [2.05, 4.69) is 34.1 Å². The maximum Gasteiger partial charge on any atom is 0.135 e. The van der Waals surface area contributed by atoms with Crippen LogP contribution in [0, 0.1) is 17.0 Å². The first-order valence-electron chi connectivity index (χ1n) is 11.7. The highest BCUT2D eigenvalue weighted by atomic mass is 19.1. The highest BCUT2D eigenvalue weighted by Gasteiger charge is 2.65. The van der Waals surface area contributed by atoms with E-state index in [-0.39, 0.29) is 29.2 Å². The zero-order chi connectivity index (χ0) is 24.4. The van der Waals surface area contributed by atoms with Crippen LogP contribution in [0.1, 0.15) is 49.6 Å². The molecule has 1 aromatic carbocycles. The third-order valence-corrected chi connectivity index (χ3v) is 7.93. The monoisotopic (exact) mass is 474 g/mol. The molecule has 0 aliphatic heterocycles. The highest BCUT2D eigenvalue weighted by molar-refractivity contribution is 5.64. The van der Waals surface area contributed by atoms with Crippen LogP contribution in [0.2, 0.25) is 0 Å². The van der Waals surface area contributed by atoms with E-state index < -0.39 is 17.0 Å². The van der Waals surface area contributed by atoms with Gasteiger partial charge in [-0.05, 0) is 47.9 Å². The van der Waals surface area contributed by atoms with Gasteiger partial charge in [-0.2, -0.15) is 10.2 Å². The van der Waals surface area contributed by atoms with E-state index >= 15 is 0 Å². The summed E-state index contributed by atoms with van der Waals surface area (Å²) in [5, 5.41) is 22.3. The minimum Gasteiger partial charge on any atom is -0.394 e. The molecule has 3 aromatic heterocycles. The molecule has 0 radical (unpaired) electrons. The Balaban J connectivity index is 1.48. The Labute approximate surface area is 200 Å². The van der Waals surface area contributed by atoms with Gasteiger partial charge in [-0.1, -0.05) is 19.9 Å². The van der Waals surface area contributed by atoms with Gasteiger partial charge in [0.15, 0.2) is 0 Å². The summed E-state index contributed by atoms with van der Waals surface area (Å²) in [5.41, 5.74) is 3.36. The van der Waals surface area contributed by atoms with E-state index in [9.17, 15) is 13.9 Å². The summed E-state index contributed by atoms with van der Waals surface area (Å²) < 4.78 is 30.6. The van der Waals surface area contributed by atoms with Crippen LogP contribution in [-0.4, -0.2) is 41.7 Å². The summed E-state index contributed by atoms with van der Waals surface area (Å²) >= 11 is 0. The molecule has 9 heteroatoms. The van der Waals surface area contributed by atoms with Crippen molar-refractivity contribution in [1.29, 1.82) is 0 Å². The zero-order valence-electron chi connectivity index (χ0n) is 19.4. The lowest BCUT2D eigenvalue weighted by Crippen LogP contribution is -2.38. The molecular formula is C26H24F2N6O. The van der Waals surface area contributed by atoms with Crippen molar-refractivity contribution in [3.63, 3.8) is 0 Å². The van der Waals surface area contributed by atoms with Gasteiger partial charge in [0.1, 0.15) is 11.6 Å². The van der Waals surface area contributed by atoms with Gasteiger partial charge in [0, 0.05) is 18.0 Å². The smallest absolute Gasteiger partial charge is 0.135 e. The SMILES string of the molecule is CC1(C)[C@H]2CC[C@]1(c1cncc(-c3cnn(CCO)c3)n1)c1nnc(-c3c(F)cccc3F)cc12. The number of fused-ring (bicyclic) bond motifs is 5. The molecule has 1 N–H and O–H groups in total. The predicted octanol–water partition coefficient (Wildman–Crippen LogP) is 4.27. The third-order valence-electron chi connectivity index (χ3n) is 7.93. The maximum atomic E-state index is 14.5. The summed E-state index contributed by atoms with van der Waals surface area (Å²) in [6, 6.07) is 5.60. The van der Waals surface area contributed by atoms with E-state index in [1.807, 2.05) is 6.20 Å². The summed E-state index contributed by atoms with van der Waals surface area (Å²) in [6.07, 6.45) is 8.77. The number of rotatable bonds is 5. The predicted molar refractivity (Wildman–Crippen MR) is 124 cm³/mol. The van der Waals surface area contributed by atoms with Crippen LogP contribution < -0.4 is 0 Å². The van der Waals surface area contributed by atoms with Crippen molar-refractivity contribution in [3.8, 4) is 22.5 Å². The van der Waals surface area contributed by atoms with Crippen molar-refractivity contribution in [2.24, 2.45) is 5.41 Å². The van der Waals surface area contributed by atoms with Gasteiger partial charge in [-0.3, -0.25) is 9.67 Å². The van der Waals surface area contributed by atoms with Crippen molar-refractivity contribution < 1.29 is 13.9 Å². The van der Waals surface area contributed by atoms with Gasteiger partial charge in [-0.25, -0.2) is 13.8 Å². The lowest BCUT2D eigenvalue weighted by atomic mass is 9.66. The van der Waals surface area contributed by atoms with Crippen molar-refractivity contribution in [2.45, 2.75) is 44.6 Å². The highest BCUT2D eigenvalue weighted by Crippen LogP contribution is 2.69. The molecule has 7 nitrogen and oxygen atoms in total. The topological polar surface area (TPSA) is 89.6 Å². The minimum atomic E-state index is -0.656. The molecule has 2 aliphatic carbocycles. The standard InChI is InChI=1S/C26H24F2N6O/c1-25(2)17-6-7-26(25,22-13-29-12-21(31-22)15-11-30-34(14-15)8-9-35)24-16(17)10-20(32-33-24)23-18(27)4-3-5-19(23)28/h3-5,10-14,17,35H,6-9H2,1-2H3/t17-,26-/m0/s1. The molecule has 178 valence electrons. The molecule has 1 saturated carbocycles. The van der Waals surface area contributed by atoms with Gasteiger partial charge >= 0.3 is 0 Å². The normalized spacial score (nSPS) is 21.9. The van der Waals surface area contributed by atoms with E-state index in [0.717, 1.165) is 35.4 Å². The summed E-state index contributed by atoms with van der Waals surface area (Å²) in [4.78, 5) is 9.51. The van der Waals surface area contributed by atoms with E-state index in [4.69, 9.17) is 4.98 Å². The van der Waals surface area contributed by atoms with Crippen molar-refractivity contribution >= 4 is 0 Å². The van der Waals surface area contributed by atoms with Crippen LogP contribution in [0.3, 0.4) is 0 Å². The molecule has 2 atom stereocenters. The van der Waals surface area contributed by atoms with Crippen LogP contribution in [0.15, 0.2) is 49.1 Å². The first-order chi connectivity index (χ1) is 16.9. The second kappa shape index (κ2) is 7.71. The second-order valence-electron chi connectivity index (χ2n) is 9.85. The molecule has 3 heterocycles. The number of hydrogen-bond acceptors (Lipinski definition) is 6. The molecule has 6 rings (SSSR count).